The summed E-state index contributed by atoms with van der Waals surface area (Å²) in [5.41, 5.74) is 2.39. The largest absolute Gasteiger partial charge is 0.443 e. The number of carbonyl (C=O) groups is 1. The Bertz CT molecular complexity index is 491. The number of carbonyl (C=O) groups excluding carboxylic acids is 1. The number of hydrogen-bond acceptors (Lipinski definition) is 3. The van der Waals surface area contributed by atoms with Gasteiger partial charge in [-0.15, -0.1) is 0 Å². The second-order valence-corrected chi connectivity index (χ2v) is 6.18. The molecule has 0 saturated heterocycles. The minimum Gasteiger partial charge on any atom is -0.443 e. The second-order valence-electron chi connectivity index (χ2n) is 6.18. The normalized spacial score (nSPS) is 19.0. The van der Waals surface area contributed by atoms with Crippen LogP contribution in [-0.2, 0) is 4.74 Å². The molecule has 104 valence electrons. The molecule has 1 aliphatic rings. The number of pyridine rings is 1. The predicted molar refractivity (Wildman–Crippen MR) is 75.6 cm³/mol. The van der Waals surface area contributed by atoms with Gasteiger partial charge in [0.25, 0.3) is 0 Å². The first-order valence-electron chi connectivity index (χ1n) is 6.76. The minimum atomic E-state index is -0.474. The number of hydrogen-bond donors (Lipinski definition) is 0. The van der Waals surface area contributed by atoms with E-state index in [2.05, 4.69) is 11.9 Å². The van der Waals surface area contributed by atoms with Crippen LogP contribution in [0.2, 0.25) is 0 Å². The fraction of sp³-hybridized carbons (Fsp3) is 0.600. The van der Waals surface area contributed by atoms with E-state index in [1.807, 2.05) is 39.8 Å². The van der Waals surface area contributed by atoms with Crippen molar-refractivity contribution in [3.05, 3.63) is 23.5 Å². The molecule has 0 spiro atoms. The molecule has 2 rings (SSSR count). The zero-order valence-corrected chi connectivity index (χ0v) is 12.4. The molecule has 0 fully saturated rings. The first-order chi connectivity index (χ1) is 8.78. The van der Waals surface area contributed by atoms with Crippen LogP contribution in [0.3, 0.4) is 0 Å². The van der Waals surface area contributed by atoms with Crippen molar-refractivity contribution in [3.63, 3.8) is 0 Å². The fourth-order valence-electron chi connectivity index (χ4n) is 2.25. The third-order valence-electron chi connectivity index (χ3n) is 3.20. The Hall–Kier alpha value is -1.58. The Balaban J connectivity index is 2.31. The van der Waals surface area contributed by atoms with Crippen LogP contribution in [-0.4, -0.2) is 23.2 Å². The molecule has 0 radical (unpaired) electrons. The lowest BCUT2D eigenvalue weighted by Gasteiger charge is -2.33. The predicted octanol–water partition coefficient (Wildman–Crippen LogP) is 3.64. The average Bonchev–Trinajstić information content (AvgIpc) is 2.27. The molecule has 2 heterocycles. The van der Waals surface area contributed by atoms with E-state index in [1.54, 1.807) is 4.90 Å². The molecule has 0 unspecified atom stereocenters. The summed E-state index contributed by atoms with van der Waals surface area (Å²) in [6.45, 7) is 10.5. The van der Waals surface area contributed by atoms with E-state index in [9.17, 15) is 4.79 Å². The lowest BCUT2D eigenvalue weighted by atomic mass is 9.96. The van der Waals surface area contributed by atoms with Gasteiger partial charge < -0.3 is 4.74 Å². The number of amides is 1. The molecule has 0 saturated carbocycles. The summed E-state index contributed by atoms with van der Waals surface area (Å²) in [6.07, 6.45) is 0.634. The number of fused-ring (bicyclic) bond motifs is 1. The van der Waals surface area contributed by atoms with Crippen LogP contribution in [0.15, 0.2) is 12.1 Å². The van der Waals surface area contributed by atoms with Crippen molar-refractivity contribution in [2.75, 3.05) is 11.4 Å². The first kappa shape index (κ1) is 13.8. The summed E-state index contributed by atoms with van der Waals surface area (Å²) in [5, 5.41) is 0. The summed E-state index contributed by atoms with van der Waals surface area (Å²) in [6, 6.07) is 3.91. The van der Waals surface area contributed by atoms with E-state index in [-0.39, 0.29) is 6.09 Å². The van der Waals surface area contributed by atoms with Crippen molar-refractivity contribution in [2.45, 2.75) is 52.6 Å². The number of rotatable bonds is 0. The molecule has 0 bridgehead atoms. The highest BCUT2D eigenvalue weighted by Crippen LogP contribution is 2.34. The van der Waals surface area contributed by atoms with Crippen molar-refractivity contribution < 1.29 is 9.53 Å². The Labute approximate surface area is 114 Å². The van der Waals surface area contributed by atoms with Crippen molar-refractivity contribution in [1.82, 2.24) is 4.98 Å². The van der Waals surface area contributed by atoms with Gasteiger partial charge in [-0.1, -0.05) is 6.92 Å². The SMILES string of the molecule is Cc1ccc2c(n1)[C@H](C)CCN2C(=O)OC(C)(C)C. The number of nitrogens with zero attached hydrogens (tertiary/aromatic N) is 2. The zero-order valence-electron chi connectivity index (χ0n) is 12.4. The van der Waals surface area contributed by atoms with E-state index in [4.69, 9.17) is 4.74 Å². The van der Waals surface area contributed by atoms with Crippen LogP contribution in [0.1, 0.15) is 51.4 Å². The Morgan fingerprint density at radius 2 is 2.11 bits per heavy atom. The molecule has 0 aliphatic carbocycles. The molecule has 1 aromatic rings. The Kier molecular flexibility index (Phi) is 3.52. The van der Waals surface area contributed by atoms with Crippen molar-refractivity contribution in [3.8, 4) is 0 Å². The molecular formula is C15H22N2O2. The quantitative estimate of drug-likeness (QED) is 0.717. The Morgan fingerprint density at radius 3 is 2.74 bits per heavy atom. The van der Waals surface area contributed by atoms with E-state index < -0.39 is 5.60 Å². The smallest absolute Gasteiger partial charge is 0.414 e. The highest BCUT2D eigenvalue weighted by Gasteiger charge is 2.30. The van der Waals surface area contributed by atoms with Crippen LogP contribution < -0.4 is 4.90 Å². The van der Waals surface area contributed by atoms with Crippen LogP contribution in [0, 0.1) is 6.92 Å². The van der Waals surface area contributed by atoms with Gasteiger partial charge >= 0.3 is 6.09 Å². The van der Waals surface area contributed by atoms with Gasteiger partial charge in [-0.3, -0.25) is 9.88 Å². The topological polar surface area (TPSA) is 42.4 Å². The van der Waals surface area contributed by atoms with Gasteiger partial charge in [0.15, 0.2) is 0 Å². The van der Waals surface area contributed by atoms with Crippen molar-refractivity contribution >= 4 is 11.8 Å². The maximum Gasteiger partial charge on any atom is 0.414 e. The number of ether oxygens (including phenoxy) is 1. The molecule has 1 aromatic heterocycles. The molecular weight excluding hydrogens is 240 g/mol. The standard InChI is InChI=1S/C15H22N2O2/c1-10-8-9-17(14(18)19-15(3,4)5)12-7-6-11(2)16-13(10)12/h6-7,10H,8-9H2,1-5H3/t10-/m1/s1. The van der Waals surface area contributed by atoms with Gasteiger partial charge in [-0.25, -0.2) is 4.79 Å². The van der Waals surface area contributed by atoms with Gasteiger partial charge in [-0.2, -0.15) is 0 Å². The third-order valence-corrected chi connectivity index (χ3v) is 3.20. The summed E-state index contributed by atoms with van der Waals surface area (Å²) in [4.78, 5) is 18.5. The van der Waals surface area contributed by atoms with Crippen molar-refractivity contribution in [1.29, 1.82) is 0 Å². The van der Waals surface area contributed by atoms with Crippen LogP contribution >= 0.6 is 0 Å². The molecule has 0 N–H and O–H groups in total. The van der Waals surface area contributed by atoms with E-state index in [0.717, 1.165) is 23.5 Å². The summed E-state index contributed by atoms with van der Waals surface area (Å²) in [5.74, 6) is 0.383. The van der Waals surface area contributed by atoms with Crippen LogP contribution in [0.25, 0.3) is 0 Å². The van der Waals surface area contributed by atoms with E-state index in [1.165, 1.54) is 0 Å². The van der Waals surface area contributed by atoms with Gasteiger partial charge in [0.2, 0.25) is 0 Å². The maximum absolute atomic E-state index is 12.2. The molecule has 1 atom stereocenters. The molecule has 4 nitrogen and oxygen atoms in total. The maximum atomic E-state index is 12.2. The number of anilines is 1. The van der Waals surface area contributed by atoms with Gasteiger partial charge in [0, 0.05) is 18.2 Å². The zero-order chi connectivity index (χ0) is 14.2. The first-order valence-corrected chi connectivity index (χ1v) is 6.76. The van der Waals surface area contributed by atoms with E-state index >= 15 is 0 Å². The summed E-state index contributed by atoms with van der Waals surface area (Å²) in [7, 11) is 0. The molecule has 0 aromatic carbocycles. The molecule has 19 heavy (non-hydrogen) atoms. The number of aromatic nitrogens is 1. The monoisotopic (exact) mass is 262 g/mol. The average molecular weight is 262 g/mol. The third kappa shape index (κ3) is 3.06. The van der Waals surface area contributed by atoms with Gasteiger partial charge in [0.1, 0.15) is 5.60 Å². The highest BCUT2D eigenvalue weighted by atomic mass is 16.6. The summed E-state index contributed by atoms with van der Waals surface area (Å²) >= 11 is 0. The molecule has 1 aliphatic heterocycles. The highest BCUT2D eigenvalue weighted by molar-refractivity contribution is 5.89. The summed E-state index contributed by atoms with van der Waals surface area (Å²) < 4.78 is 5.46. The van der Waals surface area contributed by atoms with Crippen LogP contribution in [0.4, 0.5) is 10.5 Å². The molecule has 1 amide bonds. The van der Waals surface area contributed by atoms with E-state index in [0.29, 0.717) is 12.5 Å². The lowest BCUT2D eigenvalue weighted by molar-refractivity contribution is 0.0576. The fourth-order valence-corrected chi connectivity index (χ4v) is 2.25. The number of aryl methyl sites for hydroxylation is 1. The second kappa shape index (κ2) is 4.83. The minimum absolute atomic E-state index is 0.286. The van der Waals surface area contributed by atoms with Gasteiger partial charge in [0.05, 0.1) is 11.4 Å². The van der Waals surface area contributed by atoms with Gasteiger partial charge in [-0.05, 0) is 46.2 Å². The lowest BCUT2D eigenvalue weighted by Crippen LogP contribution is -2.40. The molecule has 4 heteroatoms. The Morgan fingerprint density at radius 1 is 1.42 bits per heavy atom. The van der Waals surface area contributed by atoms with Crippen molar-refractivity contribution in [2.24, 2.45) is 0 Å². The van der Waals surface area contributed by atoms with Crippen LogP contribution in [0.5, 0.6) is 0 Å².